The number of sulfonamides is 1. The summed E-state index contributed by atoms with van der Waals surface area (Å²) in [6.45, 7) is -0.108. The van der Waals surface area contributed by atoms with E-state index >= 15 is 0 Å². The smallest absolute Gasteiger partial charge is 0.244 e. The Labute approximate surface area is 108 Å². The largest absolute Gasteiger partial charge is 0.398 e. The molecule has 0 saturated heterocycles. The van der Waals surface area contributed by atoms with Gasteiger partial charge in [0.15, 0.2) is 5.82 Å². The molecule has 2 rings (SSSR count). The molecule has 0 amide bonds. The third-order valence-corrected chi connectivity index (χ3v) is 4.04. The number of hydrogen-bond donors (Lipinski definition) is 2. The Morgan fingerprint density at radius 2 is 2.22 bits per heavy atom. The molecule has 0 aliphatic heterocycles. The van der Waals surface area contributed by atoms with Crippen LogP contribution in [-0.4, -0.2) is 18.6 Å². The van der Waals surface area contributed by atoms with Crippen LogP contribution in [-0.2, 0) is 16.6 Å². The highest BCUT2D eigenvalue weighted by Gasteiger charge is 2.21. The van der Waals surface area contributed by atoms with Crippen molar-refractivity contribution in [3.63, 3.8) is 0 Å². The normalized spacial score (nSPS) is 11.6. The summed E-state index contributed by atoms with van der Waals surface area (Å²) < 4.78 is 30.8. The summed E-state index contributed by atoms with van der Waals surface area (Å²) in [4.78, 5) is 3.53. The van der Waals surface area contributed by atoms with Crippen molar-refractivity contribution in [3.05, 3.63) is 35.4 Å². The first-order valence-electron chi connectivity index (χ1n) is 4.79. The molecule has 0 aliphatic rings. The molecule has 3 N–H and O–H groups in total. The van der Waals surface area contributed by atoms with Gasteiger partial charge >= 0.3 is 0 Å². The van der Waals surface area contributed by atoms with E-state index in [1.165, 1.54) is 12.1 Å². The lowest BCUT2D eigenvalue weighted by Gasteiger charge is -2.09. The van der Waals surface area contributed by atoms with Gasteiger partial charge in [0.25, 0.3) is 0 Å². The molecule has 1 heterocycles. The molecule has 0 spiro atoms. The van der Waals surface area contributed by atoms with Crippen LogP contribution in [0.2, 0.25) is 5.02 Å². The van der Waals surface area contributed by atoms with Crippen LogP contribution >= 0.6 is 11.6 Å². The number of nitrogen functional groups attached to an aromatic ring is 1. The Kier molecular flexibility index (Phi) is 3.50. The first kappa shape index (κ1) is 12.8. The van der Waals surface area contributed by atoms with Gasteiger partial charge in [0.05, 0.1) is 17.3 Å². The van der Waals surface area contributed by atoms with Gasteiger partial charge in [-0.3, -0.25) is 0 Å². The summed E-state index contributed by atoms with van der Waals surface area (Å²) in [7, 11) is -3.83. The molecule has 9 heteroatoms. The summed E-state index contributed by atoms with van der Waals surface area (Å²) >= 11 is 5.83. The third kappa shape index (κ3) is 2.61. The van der Waals surface area contributed by atoms with E-state index in [0.29, 0.717) is 0 Å². The second-order valence-corrected chi connectivity index (χ2v) is 5.44. The summed E-state index contributed by atoms with van der Waals surface area (Å²) in [6, 6.07) is 4.46. The number of halogens is 1. The van der Waals surface area contributed by atoms with Gasteiger partial charge in [0.1, 0.15) is 4.90 Å². The van der Waals surface area contributed by atoms with Gasteiger partial charge in [-0.05, 0) is 12.1 Å². The first-order chi connectivity index (χ1) is 8.50. The van der Waals surface area contributed by atoms with Crippen molar-refractivity contribution in [3.8, 4) is 0 Å². The van der Waals surface area contributed by atoms with Crippen LogP contribution in [0.4, 0.5) is 5.69 Å². The molecule has 18 heavy (non-hydrogen) atoms. The fraction of sp³-hybridized carbons (Fsp3) is 0.111. The Morgan fingerprint density at radius 1 is 1.44 bits per heavy atom. The molecule has 0 aliphatic carbocycles. The van der Waals surface area contributed by atoms with Gasteiger partial charge in [-0.15, -0.1) is 0 Å². The Hall–Kier alpha value is -1.64. The zero-order valence-electron chi connectivity index (χ0n) is 9.00. The standard InChI is InChI=1S/C9H9ClN4O3S/c10-6-2-1-3-7(11)9(6)18(15,16)13-4-8-12-5-17-14-8/h1-3,5,13H,4,11H2. The maximum absolute atomic E-state index is 12.0. The zero-order chi connectivity index (χ0) is 13.2. The molecule has 2 aromatic rings. The number of nitrogens with one attached hydrogen (secondary N) is 1. The molecule has 0 bridgehead atoms. The van der Waals surface area contributed by atoms with Crippen LogP contribution in [0.5, 0.6) is 0 Å². The van der Waals surface area contributed by atoms with E-state index in [2.05, 4.69) is 19.4 Å². The zero-order valence-corrected chi connectivity index (χ0v) is 10.6. The highest BCUT2D eigenvalue weighted by molar-refractivity contribution is 7.89. The Balaban J connectivity index is 2.26. The van der Waals surface area contributed by atoms with Crippen LogP contribution < -0.4 is 10.5 Å². The topological polar surface area (TPSA) is 111 Å². The average molecular weight is 289 g/mol. The first-order valence-corrected chi connectivity index (χ1v) is 6.66. The number of rotatable bonds is 4. The van der Waals surface area contributed by atoms with Crippen molar-refractivity contribution in [2.45, 2.75) is 11.4 Å². The van der Waals surface area contributed by atoms with Gasteiger partial charge in [0, 0.05) is 0 Å². The maximum Gasteiger partial charge on any atom is 0.244 e. The van der Waals surface area contributed by atoms with Gasteiger partial charge in [-0.2, -0.15) is 4.98 Å². The molecule has 0 radical (unpaired) electrons. The van der Waals surface area contributed by atoms with Crippen molar-refractivity contribution in [2.75, 3.05) is 5.73 Å². The van der Waals surface area contributed by atoms with E-state index in [4.69, 9.17) is 17.3 Å². The molecule has 0 fully saturated rings. The van der Waals surface area contributed by atoms with Crippen LogP contribution in [0, 0.1) is 0 Å². The number of aromatic nitrogens is 2. The van der Waals surface area contributed by atoms with Crippen LogP contribution in [0.1, 0.15) is 5.82 Å². The second-order valence-electron chi connectivity index (χ2n) is 3.33. The van der Waals surface area contributed by atoms with Crippen molar-refractivity contribution in [2.24, 2.45) is 0 Å². The van der Waals surface area contributed by atoms with Gasteiger partial charge in [0.2, 0.25) is 16.4 Å². The van der Waals surface area contributed by atoms with Gasteiger partial charge < -0.3 is 10.3 Å². The van der Waals surface area contributed by atoms with E-state index in [0.717, 1.165) is 6.39 Å². The molecular formula is C9H9ClN4O3S. The molecular weight excluding hydrogens is 280 g/mol. The van der Waals surface area contributed by atoms with E-state index in [-0.39, 0.29) is 28.0 Å². The number of hydrogen-bond acceptors (Lipinski definition) is 6. The minimum atomic E-state index is -3.83. The van der Waals surface area contributed by atoms with Crippen LogP contribution in [0.25, 0.3) is 0 Å². The van der Waals surface area contributed by atoms with Crippen molar-refractivity contribution in [1.29, 1.82) is 0 Å². The summed E-state index contributed by atoms with van der Waals surface area (Å²) in [5.41, 5.74) is 5.68. The number of benzene rings is 1. The highest BCUT2D eigenvalue weighted by atomic mass is 35.5. The summed E-state index contributed by atoms with van der Waals surface area (Å²) in [5.74, 6) is 0.212. The molecule has 1 aromatic heterocycles. The molecule has 0 atom stereocenters. The number of nitrogens with two attached hydrogens (primary N) is 1. The molecule has 1 aromatic carbocycles. The highest BCUT2D eigenvalue weighted by Crippen LogP contribution is 2.26. The van der Waals surface area contributed by atoms with Crippen molar-refractivity contribution in [1.82, 2.24) is 14.9 Å². The van der Waals surface area contributed by atoms with Crippen molar-refractivity contribution >= 4 is 27.3 Å². The lowest BCUT2D eigenvalue weighted by atomic mass is 10.3. The SMILES string of the molecule is Nc1cccc(Cl)c1S(=O)(=O)NCc1ncon1. The lowest BCUT2D eigenvalue weighted by Crippen LogP contribution is -2.25. The molecule has 0 saturated carbocycles. The summed E-state index contributed by atoms with van der Waals surface area (Å²) in [5, 5.41) is 3.53. The predicted octanol–water partition coefficient (Wildman–Crippen LogP) is 0.784. The van der Waals surface area contributed by atoms with E-state index in [1.54, 1.807) is 6.07 Å². The van der Waals surface area contributed by atoms with E-state index in [9.17, 15) is 8.42 Å². The molecule has 7 nitrogen and oxygen atoms in total. The number of nitrogens with zero attached hydrogens (tertiary/aromatic N) is 2. The molecule has 0 unspecified atom stereocenters. The fourth-order valence-electron chi connectivity index (χ4n) is 1.31. The van der Waals surface area contributed by atoms with Crippen molar-refractivity contribution < 1.29 is 12.9 Å². The minimum Gasteiger partial charge on any atom is -0.398 e. The monoisotopic (exact) mass is 288 g/mol. The Morgan fingerprint density at radius 3 is 2.83 bits per heavy atom. The average Bonchev–Trinajstić information content (AvgIpc) is 2.78. The van der Waals surface area contributed by atoms with E-state index in [1.807, 2.05) is 0 Å². The van der Waals surface area contributed by atoms with Crippen LogP contribution in [0.15, 0.2) is 34.0 Å². The quantitative estimate of drug-likeness (QED) is 0.804. The lowest BCUT2D eigenvalue weighted by molar-refractivity contribution is 0.409. The minimum absolute atomic E-state index is 0.0515. The third-order valence-electron chi connectivity index (χ3n) is 2.09. The van der Waals surface area contributed by atoms with Gasteiger partial charge in [-0.1, -0.05) is 22.8 Å². The summed E-state index contributed by atoms with van der Waals surface area (Å²) in [6.07, 6.45) is 1.10. The van der Waals surface area contributed by atoms with Crippen LogP contribution in [0.3, 0.4) is 0 Å². The Bertz CT molecular complexity index is 622. The number of anilines is 1. The predicted molar refractivity (Wildman–Crippen MR) is 64.2 cm³/mol. The van der Waals surface area contributed by atoms with Gasteiger partial charge in [-0.25, -0.2) is 13.1 Å². The van der Waals surface area contributed by atoms with E-state index < -0.39 is 10.0 Å². The fourth-order valence-corrected chi connectivity index (χ4v) is 2.96. The maximum atomic E-state index is 12.0. The molecule has 96 valence electrons. The second kappa shape index (κ2) is 4.92.